The summed E-state index contributed by atoms with van der Waals surface area (Å²) in [5.74, 6) is -2.23. The fraction of sp³-hybridized carbons (Fsp3) is 0.417. The molecule has 0 saturated carbocycles. The van der Waals surface area contributed by atoms with Gasteiger partial charge >= 0.3 is 18.7 Å². The van der Waals surface area contributed by atoms with Gasteiger partial charge in [-0.3, -0.25) is 4.79 Å². The molecular formula is C24H27F2N3O6. The Morgan fingerprint density at radius 1 is 1.11 bits per heavy atom. The smallest absolute Gasteiger partial charge is 0.410 e. The van der Waals surface area contributed by atoms with Crippen LogP contribution in [-0.2, 0) is 19.7 Å². The molecule has 3 rings (SSSR count). The first-order valence-electron chi connectivity index (χ1n) is 11.0. The molecule has 0 aliphatic carbocycles. The summed E-state index contributed by atoms with van der Waals surface area (Å²) < 4.78 is 35.3. The number of likely N-dealkylation sites (tertiary alicyclic amines) is 1. The van der Waals surface area contributed by atoms with Gasteiger partial charge in [0.1, 0.15) is 11.1 Å². The van der Waals surface area contributed by atoms with E-state index < -0.39 is 42.0 Å². The van der Waals surface area contributed by atoms with Gasteiger partial charge in [0, 0.05) is 18.8 Å². The fourth-order valence-corrected chi connectivity index (χ4v) is 3.93. The van der Waals surface area contributed by atoms with Gasteiger partial charge in [-0.25, -0.2) is 14.6 Å². The number of amides is 2. The molecule has 1 aromatic carbocycles. The molecule has 0 radical (unpaired) electrons. The van der Waals surface area contributed by atoms with E-state index >= 15 is 0 Å². The largest absolute Gasteiger partial charge is 0.479 e. The van der Waals surface area contributed by atoms with Gasteiger partial charge in [-0.1, -0.05) is 38.1 Å². The third-order valence-electron chi connectivity index (χ3n) is 5.79. The second kappa shape index (κ2) is 10.2. The molecule has 1 atom stereocenters. The van der Waals surface area contributed by atoms with Gasteiger partial charge < -0.3 is 24.8 Å². The van der Waals surface area contributed by atoms with E-state index in [9.17, 15) is 23.2 Å². The molecular weight excluding hydrogens is 464 g/mol. The average Bonchev–Trinajstić information content (AvgIpc) is 2.74. The van der Waals surface area contributed by atoms with E-state index in [2.05, 4.69) is 15.0 Å². The standard InChI is InChI=1S/C24H27F2N3O6/c1-13(2)16-7-5-6-8-17(16)24(11-29(12-24)23(33)34-15(4)20(30)31)21(32)28-18-10-9-14(3)27-19(18)35-22(25)26/h5-10,13,15,22H,11-12H2,1-4H3,(H,28,32)(H,30,31). The Hall–Kier alpha value is -3.76. The number of halogens is 2. The van der Waals surface area contributed by atoms with E-state index in [1.165, 1.54) is 17.9 Å². The van der Waals surface area contributed by atoms with E-state index in [4.69, 9.17) is 9.84 Å². The van der Waals surface area contributed by atoms with Crippen LogP contribution >= 0.6 is 0 Å². The highest BCUT2D eigenvalue weighted by Gasteiger charge is 2.54. The quantitative estimate of drug-likeness (QED) is 0.575. The zero-order valence-electron chi connectivity index (χ0n) is 19.7. The number of carboxylic acid groups (broad SMARTS) is 1. The zero-order valence-corrected chi connectivity index (χ0v) is 19.7. The number of carbonyl (C=O) groups is 3. The van der Waals surface area contributed by atoms with Crippen LogP contribution in [0.1, 0.15) is 43.5 Å². The summed E-state index contributed by atoms with van der Waals surface area (Å²) in [4.78, 5) is 42.3. The Kier molecular flexibility index (Phi) is 7.57. The normalized spacial score (nSPS) is 15.4. The first-order chi connectivity index (χ1) is 16.4. The SMILES string of the molecule is Cc1ccc(NC(=O)C2(c3ccccc3C(C)C)CN(C(=O)OC(C)C(=O)O)C2)c(OC(F)F)n1. The number of carboxylic acids is 1. The number of aryl methyl sites for hydroxylation is 1. The number of anilines is 1. The van der Waals surface area contributed by atoms with Crippen molar-refractivity contribution in [3.05, 3.63) is 53.2 Å². The van der Waals surface area contributed by atoms with Crippen LogP contribution in [0.25, 0.3) is 0 Å². The number of carbonyl (C=O) groups excluding carboxylic acids is 2. The lowest BCUT2D eigenvalue weighted by atomic mass is 9.70. The van der Waals surface area contributed by atoms with Gasteiger partial charge in [0.05, 0.1) is 0 Å². The molecule has 188 valence electrons. The summed E-state index contributed by atoms with van der Waals surface area (Å²) in [5, 5.41) is 11.6. The van der Waals surface area contributed by atoms with Gasteiger partial charge in [0.25, 0.3) is 0 Å². The third kappa shape index (κ3) is 5.50. The van der Waals surface area contributed by atoms with Gasteiger partial charge in [-0.2, -0.15) is 8.78 Å². The summed E-state index contributed by atoms with van der Waals surface area (Å²) in [5.41, 5.74) is 0.686. The van der Waals surface area contributed by atoms with Crippen molar-refractivity contribution in [2.75, 3.05) is 18.4 Å². The molecule has 35 heavy (non-hydrogen) atoms. The number of aliphatic carboxylic acids is 1. The summed E-state index contributed by atoms with van der Waals surface area (Å²) in [6.07, 6.45) is -2.23. The van der Waals surface area contributed by atoms with Crippen LogP contribution in [-0.4, -0.2) is 58.8 Å². The maximum absolute atomic E-state index is 13.7. The van der Waals surface area contributed by atoms with Crippen molar-refractivity contribution in [3.63, 3.8) is 0 Å². The molecule has 2 amide bonds. The summed E-state index contributed by atoms with van der Waals surface area (Å²) in [6, 6.07) is 10.2. The molecule has 1 unspecified atom stereocenters. The van der Waals surface area contributed by atoms with Crippen LogP contribution in [0.3, 0.4) is 0 Å². The molecule has 0 spiro atoms. The van der Waals surface area contributed by atoms with Crippen molar-refractivity contribution < 1.29 is 37.7 Å². The van der Waals surface area contributed by atoms with Crippen LogP contribution in [0.5, 0.6) is 5.88 Å². The topological polar surface area (TPSA) is 118 Å². The predicted molar refractivity (Wildman–Crippen MR) is 122 cm³/mol. The maximum atomic E-state index is 13.7. The Balaban J connectivity index is 1.95. The number of nitrogens with one attached hydrogen (secondary N) is 1. The van der Waals surface area contributed by atoms with Crippen LogP contribution in [0.15, 0.2) is 36.4 Å². The van der Waals surface area contributed by atoms with E-state index in [-0.39, 0.29) is 24.7 Å². The molecule has 2 heterocycles. The van der Waals surface area contributed by atoms with E-state index in [0.29, 0.717) is 11.3 Å². The maximum Gasteiger partial charge on any atom is 0.410 e. The first kappa shape index (κ1) is 25.9. The van der Waals surface area contributed by atoms with Crippen molar-refractivity contribution in [1.82, 2.24) is 9.88 Å². The Morgan fingerprint density at radius 2 is 1.77 bits per heavy atom. The lowest BCUT2D eigenvalue weighted by Gasteiger charge is -2.49. The predicted octanol–water partition coefficient (Wildman–Crippen LogP) is 3.92. The molecule has 1 aromatic heterocycles. The van der Waals surface area contributed by atoms with Crippen LogP contribution < -0.4 is 10.1 Å². The van der Waals surface area contributed by atoms with Crippen molar-refractivity contribution in [2.24, 2.45) is 0 Å². The molecule has 9 nitrogen and oxygen atoms in total. The third-order valence-corrected chi connectivity index (χ3v) is 5.79. The zero-order chi connectivity index (χ0) is 25.9. The van der Waals surface area contributed by atoms with Crippen molar-refractivity contribution >= 4 is 23.7 Å². The number of nitrogens with zero attached hydrogens (tertiary/aromatic N) is 2. The van der Waals surface area contributed by atoms with Crippen molar-refractivity contribution in [1.29, 1.82) is 0 Å². The second-order valence-corrected chi connectivity index (χ2v) is 8.68. The molecule has 0 bridgehead atoms. The van der Waals surface area contributed by atoms with E-state index in [1.807, 2.05) is 26.0 Å². The number of ether oxygens (including phenoxy) is 2. The van der Waals surface area contributed by atoms with Crippen molar-refractivity contribution in [2.45, 2.75) is 51.7 Å². The summed E-state index contributed by atoms with van der Waals surface area (Å²) >= 11 is 0. The Morgan fingerprint density at radius 3 is 2.37 bits per heavy atom. The number of rotatable bonds is 8. The number of hydrogen-bond acceptors (Lipinski definition) is 6. The molecule has 1 fully saturated rings. The number of benzene rings is 1. The van der Waals surface area contributed by atoms with Crippen molar-refractivity contribution in [3.8, 4) is 5.88 Å². The lowest BCUT2D eigenvalue weighted by molar-refractivity contribution is -0.147. The van der Waals surface area contributed by atoms with Gasteiger partial charge in [0.2, 0.25) is 11.8 Å². The van der Waals surface area contributed by atoms with E-state index in [1.54, 1.807) is 25.1 Å². The molecule has 2 aromatic rings. The highest BCUT2D eigenvalue weighted by Crippen LogP contribution is 2.41. The molecule has 1 saturated heterocycles. The minimum Gasteiger partial charge on any atom is -0.479 e. The minimum atomic E-state index is -3.14. The van der Waals surface area contributed by atoms with Crippen LogP contribution in [0, 0.1) is 6.92 Å². The second-order valence-electron chi connectivity index (χ2n) is 8.68. The van der Waals surface area contributed by atoms with Gasteiger partial charge in [-0.05, 0) is 43.0 Å². The van der Waals surface area contributed by atoms with Gasteiger partial charge in [0.15, 0.2) is 6.10 Å². The number of alkyl halides is 2. The highest BCUT2D eigenvalue weighted by molar-refractivity contribution is 6.02. The summed E-state index contributed by atoms with van der Waals surface area (Å²) in [7, 11) is 0. The first-order valence-corrected chi connectivity index (χ1v) is 11.0. The summed E-state index contributed by atoms with van der Waals surface area (Å²) in [6.45, 7) is 3.40. The Bertz CT molecular complexity index is 1120. The number of pyridine rings is 1. The lowest BCUT2D eigenvalue weighted by Crippen LogP contribution is -2.67. The fourth-order valence-electron chi connectivity index (χ4n) is 3.93. The minimum absolute atomic E-state index is 0.0390. The van der Waals surface area contributed by atoms with Gasteiger partial charge in [-0.15, -0.1) is 0 Å². The number of hydrogen-bond donors (Lipinski definition) is 2. The van der Waals surface area contributed by atoms with Crippen LogP contribution in [0.4, 0.5) is 19.3 Å². The molecule has 1 aliphatic rings. The van der Waals surface area contributed by atoms with E-state index in [0.717, 1.165) is 5.56 Å². The average molecular weight is 491 g/mol. The molecule has 1 aliphatic heterocycles. The number of aromatic nitrogens is 1. The Labute approximate surface area is 201 Å². The highest BCUT2D eigenvalue weighted by atomic mass is 19.3. The monoisotopic (exact) mass is 491 g/mol. The molecule has 2 N–H and O–H groups in total. The molecule has 11 heteroatoms. The van der Waals surface area contributed by atoms with Crippen LogP contribution in [0.2, 0.25) is 0 Å².